The van der Waals surface area contributed by atoms with Gasteiger partial charge in [0.15, 0.2) is 5.96 Å². The van der Waals surface area contributed by atoms with Crippen LogP contribution in [0.4, 0.5) is 0 Å². The second-order valence-corrected chi connectivity index (χ2v) is 5.38. The van der Waals surface area contributed by atoms with Crippen molar-refractivity contribution in [1.29, 1.82) is 0 Å². The highest BCUT2D eigenvalue weighted by Crippen LogP contribution is 2.12. The first-order valence-corrected chi connectivity index (χ1v) is 7.29. The Hall–Kier alpha value is -1.56. The minimum absolute atomic E-state index is 0.0121. The third-order valence-electron chi connectivity index (χ3n) is 2.56. The van der Waals surface area contributed by atoms with Crippen LogP contribution in [0.15, 0.2) is 33.7 Å². The van der Waals surface area contributed by atoms with Gasteiger partial charge in [0.2, 0.25) is 5.91 Å². The number of benzene rings is 1. The Morgan fingerprint density at radius 1 is 1.35 bits per heavy atom. The van der Waals surface area contributed by atoms with Crippen molar-refractivity contribution >= 4 is 27.8 Å². The maximum atomic E-state index is 11.5. The van der Waals surface area contributed by atoms with Crippen molar-refractivity contribution in [2.24, 2.45) is 4.99 Å². The van der Waals surface area contributed by atoms with Gasteiger partial charge in [-0.25, -0.2) is 4.99 Å². The molecule has 0 saturated carbocycles. The van der Waals surface area contributed by atoms with E-state index in [0.29, 0.717) is 12.5 Å². The minimum atomic E-state index is 0.0121. The molecule has 0 radical (unpaired) electrons. The lowest BCUT2D eigenvalue weighted by Crippen LogP contribution is -2.42. The van der Waals surface area contributed by atoms with E-state index in [1.807, 2.05) is 31.2 Å². The largest absolute Gasteiger partial charge is 0.357 e. The average molecular weight is 341 g/mol. The van der Waals surface area contributed by atoms with Crippen LogP contribution in [0.2, 0.25) is 0 Å². The van der Waals surface area contributed by atoms with Gasteiger partial charge in [0, 0.05) is 25.1 Å². The molecule has 1 rings (SSSR count). The molecule has 20 heavy (non-hydrogen) atoms. The zero-order chi connectivity index (χ0) is 15.0. The van der Waals surface area contributed by atoms with Crippen LogP contribution in [0.5, 0.6) is 0 Å². The molecule has 0 heterocycles. The topological polar surface area (TPSA) is 56.7 Å². The number of nitrogens with zero attached hydrogens (tertiary/aromatic N) is 2. The fourth-order valence-corrected chi connectivity index (χ4v) is 1.91. The van der Waals surface area contributed by atoms with Gasteiger partial charge in [0.25, 0.3) is 0 Å². The van der Waals surface area contributed by atoms with Crippen molar-refractivity contribution in [2.75, 3.05) is 27.2 Å². The van der Waals surface area contributed by atoms with E-state index in [9.17, 15) is 4.79 Å². The Bertz CT molecular complexity index is 474. The number of nitrogens with one attached hydrogen (secondary N) is 2. The number of carbonyl (C=O) groups is 1. The lowest BCUT2D eigenvalue weighted by atomic mass is 10.2. The number of amides is 1. The Balaban J connectivity index is 2.60. The van der Waals surface area contributed by atoms with E-state index < -0.39 is 0 Å². The second kappa shape index (κ2) is 8.58. The molecule has 1 aromatic carbocycles. The molecule has 0 aromatic heterocycles. The van der Waals surface area contributed by atoms with Crippen molar-refractivity contribution in [3.05, 3.63) is 34.3 Å². The molecule has 0 bridgehead atoms. The third-order valence-corrected chi connectivity index (χ3v) is 3.05. The molecule has 0 unspecified atom stereocenters. The predicted octanol–water partition coefficient (Wildman–Crippen LogP) is 1.59. The zero-order valence-electron chi connectivity index (χ0n) is 12.1. The quantitative estimate of drug-likeness (QED) is 0.632. The summed E-state index contributed by atoms with van der Waals surface area (Å²) in [6.07, 6.45) is 0. The SMILES string of the molecule is CCNC(=NCc1cccc(Br)c1)NCC(=O)N(C)C. The molecule has 6 heteroatoms. The van der Waals surface area contributed by atoms with Crippen LogP contribution in [0.3, 0.4) is 0 Å². The Morgan fingerprint density at radius 2 is 2.10 bits per heavy atom. The maximum Gasteiger partial charge on any atom is 0.241 e. The van der Waals surface area contributed by atoms with Crippen LogP contribution in [0.25, 0.3) is 0 Å². The van der Waals surface area contributed by atoms with Gasteiger partial charge in [-0.1, -0.05) is 28.1 Å². The van der Waals surface area contributed by atoms with Gasteiger partial charge in [0.05, 0.1) is 13.1 Å². The number of guanidine groups is 1. The number of hydrogen-bond donors (Lipinski definition) is 2. The van der Waals surface area contributed by atoms with Crippen LogP contribution in [-0.2, 0) is 11.3 Å². The number of aliphatic imine (C=N–C) groups is 1. The first-order valence-electron chi connectivity index (χ1n) is 6.49. The smallest absolute Gasteiger partial charge is 0.241 e. The number of carbonyl (C=O) groups excluding carboxylic acids is 1. The molecule has 0 saturated heterocycles. The summed E-state index contributed by atoms with van der Waals surface area (Å²) in [5, 5.41) is 6.14. The predicted molar refractivity (Wildman–Crippen MR) is 85.7 cm³/mol. The summed E-state index contributed by atoms with van der Waals surface area (Å²) < 4.78 is 1.03. The van der Waals surface area contributed by atoms with Crippen molar-refractivity contribution in [2.45, 2.75) is 13.5 Å². The Morgan fingerprint density at radius 3 is 2.70 bits per heavy atom. The van der Waals surface area contributed by atoms with Crippen LogP contribution in [0.1, 0.15) is 12.5 Å². The van der Waals surface area contributed by atoms with E-state index in [4.69, 9.17) is 0 Å². The number of likely N-dealkylation sites (N-methyl/N-ethyl adjacent to an activating group) is 1. The normalized spacial score (nSPS) is 11.1. The summed E-state index contributed by atoms with van der Waals surface area (Å²) in [7, 11) is 3.46. The van der Waals surface area contributed by atoms with Crippen molar-refractivity contribution in [3.63, 3.8) is 0 Å². The molecular formula is C14H21BrN4O. The standard InChI is InChI=1S/C14H21BrN4O/c1-4-16-14(18-10-13(20)19(2)3)17-9-11-6-5-7-12(15)8-11/h5-8H,4,9-10H2,1-3H3,(H2,16,17,18). The fraction of sp³-hybridized carbons (Fsp3) is 0.429. The van der Waals surface area contributed by atoms with Gasteiger partial charge in [-0.15, -0.1) is 0 Å². The lowest BCUT2D eigenvalue weighted by Gasteiger charge is -2.14. The summed E-state index contributed by atoms with van der Waals surface area (Å²) in [5.74, 6) is 0.653. The molecule has 1 aromatic rings. The van der Waals surface area contributed by atoms with Crippen molar-refractivity contribution in [3.8, 4) is 0 Å². The van der Waals surface area contributed by atoms with E-state index >= 15 is 0 Å². The highest BCUT2D eigenvalue weighted by atomic mass is 79.9. The molecule has 0 atom stereocenters. The molecule has 5 nitrogen and oxygen atoms in total. The van der Waals surface area contributed by atoms with E-state index in [1.54, 1.807) is 19.0 Å². The van der Waals surface area contributed by atoms with E-state index in [2.05, 4.69) is 31.6 Å². The van der Waals surface area contributed by atoms with Gasteiger partial charge in [0.1, 0.15) is 0 Å². The monoisotopic (exact) mass is 340 g/mol. The number of hydrogen-bond acceptors (Lipinski definition) is 2. The van der Waals surface area contributed by atoms with Crippen molar-refractivity contribution < 1.29 is 4.79 Å². The van der Waals surface area contributed by atoms with Crippen LogP contribution in [0, 0.1) is 0 Å². The first kappa shape index (κ1) is 16.5. The first-order chi connectivity index (χ1) is 9.52. The molecular weight excluding hydrogens is 320 g/mol. The zero-order valence-corrected chi connectivity index (χ0v) is 13.7. The molecule has 2 N–H and O–H groups in total. The van der Waals surface area contributed by atoms with Gasteiger partial charge in [-0.05, 0) is 24.6 Å². The second-order valence-electron chi connectivity index (χ2n) is 4.47. The summed E-state index contributed by atoms with van der Waals surface area (Å²) >= 11 is 3.44. The van der Waals surface area contributed by atoms with E-state index in [0.717, 1.165) is 16.6 Å². The molecule has 0 aliphatic carbocycles. The molecule has 0 aliphatic heterocycles. The molecule has 0 aliphatic rings. The lowest BCUT2D eigenvalue weighted by molar-refractivity contribution is -0.127. The number of halogens is 1. The molecule has 110 valence electrons. The van der Waals surface area contributed by atoms with Crippen LogP contribution in [-0.4, -0.2) is 44.0 Å². The third kappa shape index (κ3) is 6.06. The summed E-state index contributed by atoms with van der Waals surface area (Å²) in [4.78, 5) is 17.6. The Labute approximate surface area is 128 Å². The highest BCUT2D eigenvalue weighted by Gasteiger charge is 2.05. The summed E-state index contributed by atoms with van der Waals surface area (Å²) in [6, 6.07) is 8.00. The van der Waals surface area contributed by atoms with E-state index in [1.165, 1.54) is 0 Å². The minimum Gasteiger partial charge on any atom is -0.357 e. The van der Waals surface area contributed by atoms with Gasteiger partial charge in [-0.2, -0.15) is 0 Å². The fourth-order valence-electron chi connectivity index (χ4n) is 1.46. The van der Waals surface area contributed by atoms with Crippen LogP contribution >= 0.6 is 15.9 Å². The number of rotatable bonds is 5. The summed E-state index contributed by atoms with van der Waals surface area (Å²) in [6.45, 7) is 3.53. The van der Waals surface area contributed by atoms with Gasteiger partial charge >= 0.3 is 0 Å². The Kier molecular flexibility index (Phi) is 7.08. The van der Waals surface area contributed by atoms with E-state index in [-0.39, 0.29) is 12.5 Å². The molecule has 0 spiro atoms. The van der Waals surface area contributed by atoms with Crippen LogP contribution < -0.4 is 10.6 Å². The van der Waals surface area contributed by atoms with Gasteiger partial charge in [-0.3, -0.25) is 4.79 Å². The maximum absolute atomic E-state index is 11.5. The summed E-state index contributed by atoms with van der Waals surface area (Å²) in [5.41, 5.74) is 1.11. The van der Waals surface area contributed by atoms with Gasteiger partial charge < -0.3 is 15.5 Å². The van der Waals surface area contributed by atoms with Crippen molar-refractivity contribution in [1.82, 2.24) is 15.5 Å². The highest BCUT2D eigenvalue weighted by molar-refractivity contribution is 9.10. The molecule has 0 fully saturated rings. The average Bonchev–Trinajstić information content (AvgIpc) is 2.41. The molecule has 1 amide bonds.